The zero-order valence-electron chi connectivity index (χ0n) is 10.8. The summed E-state index contributed by atoms with van der Waals surface area (Å²) in [5.41, 5.74) is 0.817. The second-order valence-electron chi connectivity index (χ2n) is 4.49. The van der Waals surface area contributed by atoms with E-state index < -0.39 is 10.0 Å². The Bertz CT molecular complexity index is 970. The van der Waals surface area contributed by atoms with Crippen molar-refractivity contribution >= 4 is 49.8 Å². The molecule has 0 atom stereocenters. The molecule has 0 radical (unpaired) electrons. The van der Waals surface area contributed by atoms with Crippen LogP contribution in [-0.4, -0.2) is 23.7 Å². The van der Waals surface area contributed by atoms with E-state index in [1.165, 1.54) is 36.4 Å². The van der Waals surface area contributed by atoms with Crippen molar-refractivity contribution in [1.82, 2.24) is 10.2 Å². The highest BCUT2D eigenvalue weighted by atomic mass is 35.5. The van der Waals surface area contributed by atoms with Crippen molar-refractivity contribution in [3.63, 3.8) is 0 Å². The van der Waals surface area contributed by atoms with Gasteiger partial charge in [-0.05, 0) is 36.4 Å². The van der Waals surface area contributed by atoms with Crippen molar-refractivity contribution in [1.29, 1.82) is 0 Å². The predicted octanol–water partition coefficient (Wildman–Crippen LogP) is 3.38. The monoisotopic (exact) mass is 357 g/mol. The van der Waals surface area contributed by atoms with Crippen molar-refractivity contribution in [3.05, 3.63) is 46.4 Å². The quantitative estimate of drug-likeness (QED) is 0.669. The minimum absolute atomic E-state index is 0.0113. The second-order valence-corrected chi connectivity index (χ2v) is 6.99. The molecule has 114 valence electrons. The smallest absolute Gasteiger partial charge is 0.261 e. The molecule has 1 aromatic heterocycles. The van der Waals surface area contributed by atoms with Gasteiger partial charge in [0.25, 0.3) is 10.0 Å². The zero-order valence-corrected chi connectivity index (χ0v) is 13.2. The Labute approximate surface area is 135 Å². The highest BCUT2D eigenvalue weighted by Gasteiger charge is 2.17. The van der Waals surface area contributed by atoms with Crippen molar-refractivity contribution < 1.29 is 13.5 Å². The number of H-pyrrole nitrogens is 1. The van der Waals surface area contributed by atoms with E-state index in [1.807, 2.05) is 0 Å². The molecule has 1 heterocycles. The largest absolute Gasteiger partial charge is 0.492 e. The van der Waals surface area contributed by atoms with Crippen molar-refractivity contribution in [2.45, 2.75) is 4.90 Å². The standard InChI is InChI=1S/C13H9Cl2N3O3S/c14-10-3-1-7(5-11(10)15)18-22(20,21)8-2-4-12-9(6-8)13(19)17-16-12/h1-6,18H,(H2,16,17,19). The third kappa shape index (κ3) is 2.70. The molecule has 2 aromatic carbocycles. The molecular weight excluding hydrogens is 349 g/mol. The first-order chi connectivity index (χ1) is 10.4. The van der Waals surface area contributed by atoms with Gasteiger partial charge in [0.1, 0.15) is 0 Å². The number of hydrogen-bond donors (Lipinski definition) is 3. The van der Waals surface area contributed by atoms with Gasteiger partial charge in [-0.2, -0.15) is 0 Å². The molecule has 0 saturated carbocycles. The summed E-state index contributed by atoms with van der Waals surface area (Å²) in [6.07, 6.45) is 0. The molecule has 3 N–H and O–H groups in total. The van der Waals surface area contributed by atoms with Crippen LogP contribution in [0.3, 0.4) is 0 Å². The van der Waals surface area contributed by atoms with Gasteiger partial charge in [-0.1, -0.05) is 23.2 Å². The van der Waals surface area contributed by atoms with Gasteiger partial charge in [0.15, 0.2) is 0 Å². The molecule has 22 heavy (non-hydrogen) atoms. The van der Waals surface area contributed by atoms with Crippen molar-refractivity contribution in [2.75, 3.05) is 4.72 Å². The van der Waals surface area contributed by atoms with Crippen LogP contribution in [0.5, 0.6) is 5.88 Å². The van der Waals surface area contributed by atoms with Crippen LogP contribution in [-0.2, 0) is 10.0 Å². The summed E-state index contributed by atoms with van der Waals surface area (Å²) in [4.78, 5) is -0.0113. The van der Waals surface area contributed by atoms with E-state index >= 15 is 0 Å². The van der Waals surface area contributed by atoms with Gasteiger partial charge in [0, 0.05) is 0 Å². The number of sulfonamides is 1. The number of aromatic nitrogens is 2. The summed E-state index contributed by atoms with van der Waals surface area (Å²) in [6, 6.07) is 8.65. The highest BCUT2D eigenvalue weighted by molar-refractivity contribution is 7.92. The van der Waals surface area contributed by atoms with Gasteiger partial charge < -0.3 is 5.11 Å². The maximum atomic E-state index is 12.4. The molecule has 6 nitrogen and oxygen atoms in total. The van der Waals surface area contributed by atoms with Crippen LogP contribution in [0.1, 0.15) is 0 Å². The number of aromatic hydroxyl groups is 1. The fraction of sp³-hybridized carbons (Fsp3) is 0. The number of nitrogens with one attached hydrogen (secondary N) is 2. The lowest BCUT2D eigenvalue weighted by atomic mass is 10.2. The topological polar surface area (TPSA) is 95.1 Å². The molecule has 0 aliphatic heterocycles. The zero-order chi connectivity index (χ0) is 15.9. The van der Waals surface area contributed by atoms with E-state index in [2.05, 4.69) is 14.9 Å². The minimum atomic E-state index is -3.83. The van der Waals surface area contributed by atoms with Crippen molar-refractivity contribution in [3.8, 4) is 5.88 Å². The highest BCUT2D eigenvalue weighted by Crippen LogP contribution is 2.28. The van der Waals surface area contributed by atoms with Crippen LogP contribution < -0.4 is 4.72 Å². The van der Waals surface area contributed by atoms with E-state index in [9.17, 15) is 13.5 Å². The lowest BCUT2D eigenvalue weighted by molar-refractivity contribution is 0.457. The van der Waals surface area contributed by atoms with Gasteiger partial charge in [-0.3, -0.25) is 9.82 Å². The molecule has 3 aromatic rings. The van der Waals surface area contributed by atoms with E-state index in [4.69, 9.17) is 23.2 Å². The van der Waals surface area contributed by atoms with E-state index in [0.29, 0.717) is 15.9 Å². The molecule has 9 heteroatoms. The average Bonchev–Trinajstić information content (AvgIpc) is 2.84. The third-order valence-corrected chi connectivity index (χ3v) is 5.11. The van der Waals surface area contributed by atoms with Crippen LogP contribution in [0.2, 0.25) is 10.0 Å². The fourth-order valence-electron chi connectivity index (χ4n) is 1.92. The average molecular weight is 358 g/mol. The van der Waals surface area contributed by atoms with Gasteiger partial charge in [-0.15, -0.1) is 5.10 Å². The number of fused-ring (bicyclic) bond motifs is 1. The molecule has 0 saturated heterocycles. The van der Waals surface area contributed by atoms with Crippen molar-refractivity contribution in [2.24, 2.45) is 0 Å². The molecule has 0 amide bonds. The number of nitrogens with zero attached hydrogens (tertiary/aromatic N) is 1. The number of benzene rings is 2. The Morgan fingerprint density at radius 3 is 2.59 bits per heavy atom. The number of aromatic amines is 1. The maximum Gasteiger partial charge on any atom is 0.261 e. The first kappa shape index (κ1) is 15.0. The molecule has 0 spiro atoms. The van der Waals surface area contributed by atoms with E-state index in [0.717, 1.165) is 0 Å². The fourth-order valence-corrected chi connectivity index (χ4v) is 3.29. The van der Waals surface area contributed by atoms with Crippen LogP contribution in [0.15, 0.2) is 41.3 Å². The number of hydrogen-bond acceptors (Lipinski definition) is 4. The van der Waals surface area contributed by atoms with Gasteiger partial charge in [0.05, 0.1) is 31.5 Å². The Kier molecular flexibility index (Phi) is 3.64. The van der Waals surface area contributed by atoms with Gasteiger partial charge >= 0.3 is 0 Å². The Balaban J connectivity index is 2.00. The van der Waals surface area contributed by atoms with Gasteiger partial charge in [0.2, 0.25) is 5.88 Å². The number of anilines is 1. The maximum absolute atomic E-state index is 12.4. The summed E-state index contributed by atoms with van der Waals surface area (Å²) in [5, 5.41) is 16.6. The van der Waals surface area contributed by atoms with Crippen LogP contribution >= 0.6 is 23.2 Å². The lowest BCUT2D eigenvalue weighted by Gasteiger charge is -2.09. The summed E-state index contributed by atoms with van der Waals surface area (Å²) in [5.74, 6) is -0.262. The predicted molar refractivity (Wildman–Crippen MR) is 85.0 cm³/mol. The molecule has 0 unspecified atom stereocenters. The first-order valence-corrected chi connectivity index (χ1v) is 8.26. The van der Waals surface area contributed by atoms with Crippen LogP contribution in [0.25, 0.3) is 10.9 Å². The first-order valence-electron chi connectivity index (χ1n) is 6.02. The number of rotatable bonds is 3. The summed E-state index contributed by atoms with van der Waals surface area (Å²) >= 11 is 11.7. The van der Waals surface area contributed by atoms with Crippen LogP contribution in [0.4, 0.5) is 5.69 Å². The normalized spacial score (nSPS) is 11.7. The molecule has 3 rings (SSSR count). The van der Waals surface area contributed by atoms with E-state index in [1.54, 1.807) is 0 Å². The Hall–Kier alpha value is -1.96. The Morgan fingerprint density at radius 1 is 1.09 bits per heavy atom. The van der Waals surface area contributed by atoms with Crippen LogP contribution in [0, 0.1) is 0 Å². The Morgan fingerprint density at radius 2 is 1.86 bits per heavy atom. The lowest BCUT2D eigenvalue weighted by Crippen LogP contribution is -2.12. The molecule has 0 aliphatic carbocycles. The SMILES string of the molecule is O=S(=O)(Nc1ccc(Cl)c(Cl)c1)c1ccc2[nH]nc(O)c2c1. The molecule has 0 bridgehead atoms. The number of halogens is 2. The van der Waals surface area contributed by atoms with E-state index in [-0.39, 0.29) is 21.5 Å². The molecule has 0 aliphatic rings. The third-order valence-electron chi connectivity index (χ3n) is 3.00. The summed E-state index contributed by atoms with van der Waals surface area (Å²) in [6.45, 7) is 0. The summed E-state index contributed by atoms with van der Waals surface area (Å²) in [7, 11) is -3.83. The second kappa shape index (κ2) is 5.35. The minimum Gasteiger partial charge on any atom is -0.492 e. The summed E-state index contributed by atoms with van der Waals surface area (Å²) < 4.78 is 27.1. The molecular formula is C13H9Cl2N3O3S. The molecule has 0 fully saturated rings. The van der Waals surface area contributed by atoms with Gasteiger partial charge in [-0.25, -0.2) is 8.42 Å².